The Morgan fingerprint density at radius 3 is 2.45 bits per heavy atom. The summed E-state index contributed by atoms with van der Waals surface area (Å²) in [5, 5.41) is 9.72. The van der Waals surface area contributed by atoms with Crippen LogP contribution in [0.1, 0.15) is 40.0 Å². The van der Waals surface area contributed by atoms with E-state index in [9.17, 15) is 5.11 Å². The predicted octanol–water partition coefficient (Wildman–Crippen LogP) is 2.20. The van der Waals surface area contributed by atoms with Crippen molar-refractivity contribution in [2.24, 2.45) is 5.92 Å². The molecule has 0 aromatic heterocycles. The monoisotopic (exact) mass is 154 g/mol. The van der Waals surface area contributed by atoms with Crippen LogP contribution < -0.4 is 0 Å². The van der Waals surface area contributed by atoms with Gasteiger partial charge in [-0.2, -0.15) is 0 Å². The van der Waals surface area contributed by atoms with Gasteiger partial charge in [-0.05, 0) is 25.7 Å². The van der Waals surface area contributed by atoms with Gasteiger partial charge in [-0.3, -0.25) is 0 Å². The lowest BCUT2D eigenvalue weighted by Gasteiger charge is -2.24. The molecule has 0 aromatic carbocycles. The molecule has 0 spiro atoms. The zero-order valence-electron chi connectivity index (χ0n) is 7.72. The summed E-state index contributed by atoms with van der Waals surface area (Å²) >= 11 is 0. The summed E-state index contributed by atoms with van der Waals surface area (Å²) in [5.41, 5.74) is -0.569. The van der Waals surface area contributed by atoms with Gasteiger partial charge in [0.05, 0.1) is 5.60 Å². The average Bonchev–Trinajstić information content (AvgIpc) is 1.81. The van der Waals surface area contributed by atoms with E-state index in [1.165, 1.54) is 0 Å². The molecule has 1 N–H and O–H groups in total. The molecule has 64 valence electrons. The summed E-state index contributed by atoms with van der Waals surface area (Å²) in [5.74, 6) is 3.07. The Morgan fingerprint density at radius 2 is 2.09 bits per heavy atom. The van der Waals surface area contributed by atoms with Crippen LogP contribution in [0.25, 0.3) is 0 Å². The second-order valence-electron chi connectivity index (χ2n) is 3.80. The van der Waals surface area contributed by atoms with Gasteiger partial charge in [0.2, 0.25) is 0 Å². The first-order chi connectivity index (χ1) is 4.98. The number of terminal acetylenes is 1. The van der Waals surface area contributed by atoms with E-state index in [-0.39, 0.29) is 0 Å². The van der Waals surface area contributed by atoms with Crippen LogP contribution in [0, 0.1) is 18.3 Å². The van der Waals surface area contributed by atoms with E-state index in [0.29, 0.717) is 18.8 Å². The molecule has 1 atom stereocenters. The first-order valence-corrected chi connectivity index (χ1v) is 4.14. The van der Waals surface area contributed by atoms with Crippen molar-refractivity contribution in [3.05, 3.63) is 0 Å². The molecule has 1 unspecified atom stereocenters. The average molecular weight is 154 g/mol. The Kier molecular flexibility index (Phi) is 4.22. The quantitative estimate of drug-likeness (QED) is 0.615. The molecule has 0 aliphatic rings. The van der Waals surface area contributed by atoms with Gasteiger partial charge in [0.1, 0.15) is 0 Å². The molecule has 0 aromatic rings. The van der Waals surface area contributed by atoms with Gasteiger partial charge in [0.15, 0.2) is 0 Å². The van der Waals surface area contributed by atoms with E-state index in [4.69, 9.17) is 6.42 Å². The SMILES string of the molecule is C#CCCC(C)(O)CC(C)C. The highest BCUT2D eigenvalue weighted by molar-refractivity contribution is 4.87. The van der Waals surface area contributed by atoms with Crippen molar-refractivity contribution < 1.29 is 5.11 Å². The highest BCUT2D eigenvalue weighted by Crippen LogP contribution is 2.20. The van der Waals surface area contributed by atoms with Crippen molar-refractivity contribution in [3.8, 4) is 12.3 Å². The minimum absolute atomic E-state index is 0.530. The molecule has 0 saturated heterocycles. The molecule has 0 aliphatic heterocycles. The smallest absolute Gasteiger partial charge is 0.0631 e. The molecular formula is C10H18O. The lowest BCUT2D eigenvalue weighted by Crippen LogP contribution is -2.25. The van der Waals surface area contributed by atoms with Crippen molar-refractivity contribution >= 4 is 0 Å². The lowest BCUT2D eigenvalue weighted by atomic mass is 9.90. The summed E-state index contributed by atoms with van der Waals surface area (Å²) in [6.45, 7) is 6.05. The van der Waals surface area contributed by atoms with Crippen LogP contribution in [-0.2, 0) is 0 Å². The van der Waals surface area contributed by atoms with Crippen molar-refractivity contribution in [3.63, 3.8) is 0 Å². The number of hydrogen-bond acceptors (Lipinski definition) is 1. The van der Waals surface area contributed by atoms with E-state index in [0.717, 1.165) is 6.42 Å². The maximum atomic E-state index is 9.72. The van der Waals surface area contributed by atoms with E-state index in [1.54, 1.807) is 0 Å². The van der Waals surface area contributed by atoms with E-state index < -0.39 is 5.60 Å². The van der Waals surface area contributed by atoms with Crippen LogP contribution in [0.4, 0.5) is 0 Å². The van der Waals surface area contributed by atoms with Crippen LogP contribution in [-0.4, -0.2) is 10.7 Å². The maximum Gasteiger partial charge on any atom is 0.0631 e. The molecule has 0 amide bonds. The maximum absolute atomic E-state index is 9.72. The second kappa shape index (κ2) is 4.41. The van der Waals surface area contributed by atoms with Crippen molar-refractivity contribution in [2.75, 3.05) is 0 Å². The van der Waals surface area contributed by atoms with Crippen LogP contribution in [0.2, 0.25) is 0 Å². The van der Waals surface area contributed by atoms with Crippen LogP contribution >= 0.6 is 0 Å². The second-order valence-corrected chi connectivity index (χ2v) is 3.80. The molecule has 0 bridgehead atoms. The molecule has 1 heteroatoms. The third-order valence-electron chi connectivity index (χ3n) is 1.66. The zero-order chi connectivity index (χ0) is 8.91. The number of hydrogen-bond donors (Lipinski definition) is 1. The fraction of sp³-hybridized carbons (Fsp3) is 0.800. The van der Waals surface area contributed by atoms with Crippen LogP contribution in [0.5, 0.6) is 0 Å². The van der Waals surface area contributed by atoms with Gasteiger partial charge in [-0.1, -0.05) is 13.8 Å². The molecular weight excluding hydrogens is 136 g/mol. The first-order valence-electron chi connectivity index (χ1n) is 4.14. The summed E-state index contributed by atoms with van der Waals surface area (Å²) in [4.78, 5) is 0. The fourth-order valence-corrected chi connectivity index (χ4v) is 1.32. The third kappa shape index (κ3) is 5.94. The van der Waals surface area contributed by atoms with Crippen molar-refractivity contribution in [2.45, 2.75) is 45.6 Å². The summed E-state index contributed by atoms with van der Waals surface area (Å²) in [6, 6.07) is 0. The Balaban J connectivity index is 3.72. The minimum Gasteiger partial charge on any atom is -0.390 e. The normalized spacial score (nSPS) is 16.0. The zero-order valence-corrected chi connectivity index (χ0v) is 7.72. The van der Waals surface area contributed by atoms with Crippen molar-refractivity contribution in [1.82, 2.24) is 0 Å². The van der Waals surface area contributed by atoms with E-state index in [1.807, 2.05) is 6.92 Å². The molecule has 0 heterocycles. The number of rotatable bonds is 4. The predicted molar refractivity (Wildman–Crippen MR) is 48.1 cm³/mol. The lowest BCUT2D eigenvalue weighted by molar-refractivity contribution is 0.0314. The highest BCUT2D eigenvalue weighted by atomic mass is 16.3. The Bertz CT molecular complexity index is 139. The Hall–Kier alpha value is -0.480. The number of aliphatic hydroxyl groups is 1. The Morgan fingerprint density at radius 1 is 1.55 bits per heavy atom. The fourth-order valence-electron chi connectivity index (χ4n) is 1.32. The van der Waals surface area contributed by atoms with E-state index >= 15 is 0 Å². The molecule has 0 fully saturated rings. The van der Waals surface area contributed by atoms with Gasteiger partial charge >= 0.3 is 0 Å². The highest BCUT2D eigenvalue weighted by Gasteiger charge is 2.20. The summed E-state index contributed by atoms with van der Waals surface area (Å²) in [6.07, 6.45) is 7.31. The van der Waals surface area contributed by atoms with Gasteiger partial charge in [-0.25, -0.2) is 0 Å². The van der Waals surface area contributed by atoms with Crippen LogP contribution in [0.3, 0.4) is 0 Å². The molecule has 0 radical (unpaired) electrons. The minimum atomic E-state index is -0.569. The molecule has 11 heavy (non-hydrogen) atoms. The topological polar surface area (TPSA) is 20.2 Å². The summed E-state index contributed by atoms with van der Waals surface area (Å²) in [7, 11) is 0. The van der Waals surface area contributed by atoms with Gasteiger partial charge in [0, 0.05) is 6.42 Å². The summed E-state index contributed by atoms with van der Waals surface area (Å²) < 4.78 is 0. The molecule has 0 aliphatic carbocycles. The van der Waals surface area contributed by atoms with Crippen molar-refractivity contribution in [1.29, 1.82) is 0 Å². The molecule has 0 rings (SSSR count). The third-order valence-corrected chi connectivity index (χ3v) is 1.66. The van der Waals surface area contributed by atoms with Crippen LogP contribution in [0.15, 0.2) is 0 Å². The van der Waals surface area contributed by atoms with Gasteiger partial charge in [-0.15, -0.1) is 12.3 Å². The first kappa shape index (κ1) is 10.5. The molecule has 0 saturated carbocycles. The van der Waals surface area contributed by atoms with Gasteiger partial charge < -0.3 is 5.11 Å². The molecule has 1 nitrogen and oxygen atoms in total. The van der Waals surface area contributed by atoms with E-state index in [2.05, 4.69) is 19.8 Å². The largest absolute Gasteiger partial charge is 0.390 e. The van der Waals surface area contributed by atoms with Gasteiger partial charge in [0.25, 0.3) is 0 Å². The Labute approximate surface area is 69.8 Å². The standard InChI is InChI=1S/C10H18O/c1-5-6-7-10(4,11)8-9(2)3/h1,9,11H,6-8H2,2-4H3.